The highest BCUT2D eigenvalue weighted by atomic mass is 16.2. The first-order chi connectivity index (χ1) is 12.5. The molecule has 0 spiro atoms. The third-order valence-corrected chi connectivity index (χ3v) is 5.51. The number of carbonyl (C=O) groups is 2. The summed E-state index contributed by atoms with van der Waals surface area (Å²) < 4.78 is 0. The number of nitrogens with zero attached hydrogens (tertiary/aromatic N) is 3. The van der Waals surface area contributed by atoms with E-state index in [0.717, 1.165) is 43.9 Å². The van der Waals surface area contributed by atoms with Crippen LogP contribution in [0, 0.1) is 5.92 Å². The summed E-state index contributed by atoms with van der Waals surface area (Å²) in [4.78, 5) is 33.2. The fourth-order valence-corrected chi connectivity index (χ4v) is 3.72. The van der Waals surface area contributed by atoms with E-state index in [1.165, 1.54) is 4.90 Å². The molecule has 7 nitrogen and oxygen atoms in total. The molecule has 2 aliphatic heterocycles. The van der Waals surface area contributed by atoms with Gasteiger partial charge in [-0.15, -0.1) is 0 Å². The van der Waals surface area contributed by atoms with Gasteiger partial charge in [0.25, 0.3) is 5.91 Å². The number of hydrogen-bond acceptors (Lipinski definition) is 5. The Bertz CT molecular complexity index is 773. The van der Waals surface area contributed by atoms with Crippen molar-refractivity contribution in [2.75, 3.05) is 25.0 Å². The molecule has 0 radical (unpaired) electrons. The number of aliphatic imine (C=N–C) groups is 1. The highest BCUT2D eigenvalue weighted by molar-refractivity contribution is 6.23. The second-order valence-electron chi connectivity index (χ2n) is 7.55. The molecule has 138 valence electrons. The Kier molecular flexibility index (Phi) is 4.09. The zero-order valence-electron chi connectivity index (χ0n) is 15.3. The van der Waals surface area contributed by atoms with Crippen LogP contribution in [0.4, 0.5) is 10.5 Å². The predicted octanol–water partition coefficient (Wildman–Crippen LogP) is 1.69. The lowest BCUT2D eigenvalue weighted by atomic mass is 9.96. The van der Waals surface area contributed by atoms with E-state index in [1.54, 1.807) is 0 Å². The molecule has 2 N–H and O–H groups in total. The average molecular weight is 355 g/mol. The largest absolute Gasteiger partial charge is 0.352 e. The van der Waals surface area contributed by atoms with Crippen molar-refractivity contribution in [2.45, 2.75) is 38.3 Å². The molecule has 4 rings (SSSR count). The van der Waals surface area contributed by atoms with Gasteiger partial charge in [-0.25, -0.2) is 9.69 Å². The van der Waals surface area contributed by atoms with Gasteiger partial charge >= 0.3 is 6.03 Å². The Morgan fingerprint density at radius 3 is 2.88 bits per heavy atom. The lowest BCUT2D eigenvalue weighted by Gasteiger charge is -2.25. The van der Waals surface area contributed by atoms with E-state index in [0.29, 0.717) is 12.2 Å². The fraction of sp³-hybridized carbons (Fsp3) is 0.526. The van der Waals surface area contributed by atoms with Crippen molar-refractivity contribution >= 4 is 23.6 Å². The Morgan fingerprint density at radius 2 is 2.15 bits per heavy atom. The zero-order chi connectivity index (χ0) is 18.3. The van der Waals surface area contributed by atoms with E-state index in [2.05, 4.69) is 20.5 Å². The molecule has 1 unspecified atom stereocenters. The zero-order valence-corrected chi connectivity index (χ0v) is 15.3. The molecule has 3 aliphatic rings. The van der Waals surface area contributed by atoms with Crippen LogP contribution in [-0.2, 0) is 11.3 Å². The number of guanidine groups is 1. The van der Waals surface area contributed by atoms with E-state index in [1.807, 2.05) is 38.2 Å². The molecule has 1 atom stereocenters. The van der Waals surface area contributed by atoms with Gasteiger partial charge in [-0.05, 0) is 49.8 Å². The summed E-state index contributed by atoms with van der Waals surface area (Å²) in [6.07, 6.45) is 3.06. The Labute approximate surface area is 153 Å². The van der Waals surface area contributed by atoms with Crippen molar-refractivity contribution in [3.05, 3.63) is 29.8 Å². The number of nitrogens with one attached hydrogen (secondary N) is 2. The topological polar surface area (TPSA) is 77.0 Å². The minimum atomic E-state index is -0.759. The second-order valence-corrected chi connectivity index (χ2v) is 7.55. The van der Waals surface area contributed by atoms with Gasteiger partial charge < -0.3 is 15.5 Å². The lowest BCUT2D eigenvalue weighted by Crippen LogP contribution is -2.46. The molecule has 7 heteroatoms. The normalized spacial score (nSPS) is 26.0. The monoisotopic (exact) mass is 355 g/mol. The van der Waals surface area contributed by atoms with E-state index < -0.39 is 5.54 Å². The van der Waals surface area contributed by atoms with Crippen LogP contribution in [0.5, 0.6) is 0 Å². The third-order valence-electron chi connectivity index (χ3n) is 5.51. The van der Waals surface area contributed by atoms with Crippen LogP contribution in [0.2, 0.25) is 0 Å². The maximum Gasteiger partial charge on any atom is 0.329 e. The summed E-state index contributed by atoms with van der Waals surface area (Å²) in [5.41, 5.74) is 0.866. The number of amides is 3. The van der Waals surface area contributed by atoms with Gasteiger partial charge in [0, 0.05) is 26.7 Å². The van der Waals surface area contributed by atoms with E-state index >= 15 is 0 Å². The summed E-state index contributed by atoms with van der Waals surface area (Å²) >= 11 is 0. The van der Waals surface area contributed by atoms with Crippen molar-refractivity contribution in [3.8, 4) is 0 Å². The standard InChI is InChI=1S/C19H25N5O2/c1-19(14-7-8-14)16(25)24(18(26)22-19)15-6-3-5-13(11-15)12-21-17-20-9-4-10-23(17)2/h3,5-6,11,14H,4,7-10,12H2,1-2H3,(H,20,21)(H,22,26). The predicted molar refractivity (Wildman–Crippen MR) is 100.0 cm³/mol. The first kappa shape index (κ1) is 16.9. The van der Waals surface area contributed by atoms with Gasteiger partial charge in [-0.2, -0.15) is 0 Å². The van der Waals surface area contributed by atoms with Crippen molar-refractivity contribution in [3.63, 3.8) is 0 Å². The van der Waals surface area contributed by atoms with Crippen LogP contribution in [0.1, 0.15) is 31.7 Å². The van der Waals surface area contributed by atoms with Crippen molar-refractivity contribution in [1.82, 2.24) is 15.5 Å². The molecule has 3 amide bonds. The number of urea groups is 1. The Balaban J connectivity index is 1.50. The number of carbonyl (C=O) groups excluding carboxylic acids is 2. The minimum Gasteiger partial charge on any atom is -0.352 e. The molecule has 1 aromatic rings. The number of anilines is 1. The summed E-state index contributed by atoms with van der Waals surface area (Å²) in [7, 11) is 2.02. The molecule has 1 saturated carbocycles. The lowest BCUT2D eigenvalue weighted by molar-refractivity contribution is -0.122. The maximum absolute atomic E-state index is 12.9. The third kappa shape index (κ3) is 2.91. The molecule has 2 fully saturated rings. The van der Waals surface area contributed by atoms with Gasteiger partial charge in [0.15, 0.2) is 5.96 Å². The molecule has 1 saturated heterocycles. The number of imide groups is 1. The first-order valence-corrected chi connectivity index (χ1v) is 9.24. The SMILES string of the molecule is CN1CCCN=C1NCc1cccc(N2C(=O)NC(C)(C3CC3)C2=O)c1. The van der Waals surface area contributed by atoms with E-state index in [4.69, 9.17) is 0 Å². The first-order valence-electron chi connectivity index (χ1n) is 9.24. The number of hydrogen-bond donors (Lipinski definition) is 2. The quantitative estimate of drug-likeness (QED) is 0.806. The van der Waals surface area contributed by atoms with Crippen LogP contribution in [0.3, 0.4) is 0 Å². The Hall–Kier alpha value is -2.57. The molecular weight excluding hydrogens is 330 g/mol. The van der Waals surface area contributed by atoms with Gasteiger partial charge in [-0.1, -0.05) is 12.1 Å². The summed E-state index contributed by atoms with van der Waals surface area (Å²) in [5.74, 6) is 0.998. The van der Waals surface area contributed by atoms with Crippen LogP contribution in [0.25, 0.3) is 0 Å². The average Bonchev–Trinajstić information content (AvgIpc) is 3.44. The van der Waals surface area contributed by atoms with Gasteiger partial charge in [-0.3, -0.25) is 9.79 Å². The molecule has 0 aromatic heterocycles. The summed E-state index contributed by atoms with van der Waals surface area (Å²) in [6, 6.07) is 7.24. The van der Waals surface area contributed by atoms with Crippen molar-refractivity contribution in [1.29, 1.82) is 0 Å². The minimum absolute atomic E-state index is 0.147. The van der Waals surface area contributed by atoms with Gasteiger partial charge in [0.2, 0.25) is 0 Å². The summed E-state index contributed by atoms with van der Waals surface area (Å²) in [6.45, 7) is 4.27. The molecule has 1 aliphatic carbocycles. The van der Waals surface area contributed by atoms with E-state index in [-0.39, 0.29) is 17.9 Å². The van der Waals surface area contributed by atoms with Gasteiger partial charge in [0.1, 0.15) is 5.54 Å². The second kappa shape index (κ2) is 6.30. The molecule has 26 heavy (non-hydrogen) atoms. The summed E-state index contributed by atoms with van der Waals surface area (Å²) in [5, 5.41) is 6.24. The Morgan fingerprint density at radius 1 is 1.35 bits per heavy atom. The number of rotatable bonds is 4. The van der Waals surface area contributed by atoms with Crippen molar-refractivity contribution < 1.29 is 9.59 Å². The highest BCUT2D eigenvalue weighted by Crippen LogP contribution is 2.43. The van der Waals surface area contributed by atoms with Crippen molar-refractivity contribution in [2.24, 2.45) is 10.9 Å². The fourth-order valence-electron chi connectivity index (χ4n) is 3.72. The highest BCUT2D eigenvalue weighted by Gasteiger charge is 2.56. The molecule has 2 heterocycles. The van der Waals surface area contributed by atoms with Crippen LogP contribution in [0.15, 0.2) is 29.3 Å². The van der Waals surface area contributed by atoms with Gasteiger partial charge in [0.05, 0.1) is 5.69 Å². The molecule has 1 aromatic carbocycles. The van der Waals surface area contributed by atoms with Crippen LogP contribution in [-0.4, -0.2) is 48.5 Å². The van der Waals surface area contributed by atoms with Crippen LogP contribution >= 0.6 is 0 Å². The smallest absolute Gasteiger partial charge is 0.329 e. The molecule has 0 bridgehead atoms. The number of benzene rings is 1. The van der Waals surface area contributed by atoms with Crippen LogP contribution < -0.4 is 15.5 Å². The molecular formula is C19H25N5O2. The maximum atomic E-state index is 12.9. The van der Waals surface area contributed by atoms with E-state index in [9.17, 15) is 9.59 Å².